The molecule has 0 N–H and O–H groups in total. The molecule has 0 radical (unpaired) electrons. The molecule has 0 aliphatic rings. The Kier molecular flexibility index (Phi) is 11.2. The van der Waals surface area contributed by atoms with Crippen LogP contribution in [0.15, 0.2) is 24.3 Å². The zero-order chi connectivity index (χ0) is 12.1. The Morgan fingerprint density at radius 1 is 1.06 bits per heavy atom. The third-order valence-corrected chi connectivity index (χ3v) is 2.20. The van der Waals surface area contributed by atoms with E-state index in [0.717, 1.165) is 19.3 Å². The molecule has 0 heterocycles. The van der Waals surface area contributed by atoms with Gasteiger partial charge < -0.3 is 4.74 Å². The molecule has 2 heteroatoms. The molecule has 0 aliphatic carbocycles. The quantitative estimate of drug-likeness (QED) is 0.256. The van der Waals surface area contributed by atoms with Crippen molar-refractivity contribution in [2.75, 3.05) is 6.61 Å². The molecule has 0 aromatic heterocycles. The minimum atomic E-state index is -0.244. The van der Waals surface area contributed by atoms with Crippen LogP contribution in [0.3, 0.4) is 0 Å². The molecule has 0 amide bonds. The maximum absolute atomic E-state index is 11.1. The van der Waals surface area contributed by atoms with E-state index in [0.29, 0.717) is 6.61 Å². The zero-order valence-electron chi connectivity index (χ0n) is 10.6. The van der Waals surface area contributed by atoms with Gasteiger partial charge in [-0.25, -0.2) is 4.79 Å². The summed E-state index contributed by atoms with van der Waals surface area (Å²) in [6.45, 7) is 4.79. The van der Waals surface area contributed by atoms with Crippen LogP contribution in [0, 0.1) is 0 Å². The SMILES string of the molecule is CCCCC/C=C/C=C/C(=O)OCCCC. The van der Waals surface area contributed by atoms with Gasteiger partial charge in [-0.3, -0.25) is 0 Å². The fourth-order valence-corrected chi connectivity index (χ4v) is 1.19. The summed E-state index contributed by atoms with van der Waals surface area (Å²) in [6, 6.07) is 0. The molecule has 0 saturated heterocycles. The van der Waals surface area contributed by atoms with Crippen molar-refractivity contribution in [1.82, 2.24) is 0 Å². The van der Waals surface area contributed by atoms with Gasteiger partial charge >= 0.3 is 5.97 Å². The van der Waals surface area contributed by atoms with Crippen LogP contribution in [-0.4, -0.2) is 12.6 Å². The average molecular weight is 224 g/mol. The first-order valence-electron chi connectivity index (χ1n) is 6.31. The van der Waals surface area contributed by atoms with Crippen LogP contribution in [-0.2, 0) is 9.53 Å². The lowest BCUT2D eigenvalue weighted by atomic mass is 10.2. The average Bonchev–Trinajstić information content (AvgIpc) is 2.28. The number of unbranched alkanes of at least 4 members (excludes halogenated alkanes) is 4. The van der Waals surface area contributed by atoms with Crippen molar-refractivity contribution in [2.45, 2.75) is 52.4 Å². The largest absolute Gasteiger partial charge is 0.463 e. The molecule has 0 saturated carbocycles. The second-order valence-electron chi connectivity index (χ2n) is 3.80. The molecule has 0 bridgehead atoms. The molecule has 0 rings (SSSR count). The van der Waals surface area contributed by atoms with Crippen LogP contribution in [0.25, 0.3) is 0 Å². The van der Waals surface area contributed by atoms with Crippen LogP contribution in [0.4, 0.5) is 0 Å². The predicted octanol–water partition coefficient (Wildman–Crippen LogP) is 4.02. The standard InChI is InChI=1S/C14H24O2/c1-3-5-7-8-9-10-11-12-14(15)16-13-6-4-2/h9-12H,3-8,13H2,1-2H3/b10-9+,12-11+. The van der Waals surface area contributed by atoms with Crippen molar-refractivity contribution in [3.05, 3.63) is 24.3 Å². The second kappa shape index (κ2) is 12.0. The summed E-state index contributed by atoms with van der Waals surface area (Å²) >= 11 is 0. The highest BCUT2D eigenvalue weighted by molar-refractivity contribution is 5.82. The van der Waals surface area contributed by atoms with Crippen LogP contribution < -0.4 is 0 Å². The van der Waals surface area contributed by atoms with E-state index in [9.17, 15) is 4.79 Å². The monoisotopic (exact) mass is 224 g/mol. The Morgan fingerprint density at radius 3 is 2.50 bits per heavy atom. The van der Waals surface area contributed by atoms with E-state index in [1.807, 2.05) is 6.08 Å². The summed E-state index contributed by atoms with van der Waals surface area (Å²) in [4.78, 5) is 11.1. The molecule has 92 valence electrons. The Morgan fingerprint density at radius 2 is 1.81 bits per heavy atom. The molecule has 16 heavy (non-hydrogen) atoms. The summed E-state index contributed by atoms with van der Waals surface area (Å²) < 4.78 is 4.97. The van der Waals surface area contributed by atoms with Gasteiger partial charge in [-0.1, -0.05) is 51.3 Å². The number of hydrogen-bond acceptors (Lipinski definition) is 2. The lowest BCUT2D eigenvalue weighted by molar-refractivity contribution is -0.137. The number of carbonyl (C=O) groups excluding carboxylic acids is 1. The van der Waals surface area contributed by atoms with Crippen LogP contribution >= 0.6 is 0 Å². The Balaban J connectivity index is 3.46. The van der Waals surface area contributed by atoms with E-state index in [-0.39, 0.29) is 5.97 Å². The van der Waals surface area contributed by atoms with Gasteiger partial charge in [0.2, 0.25) is 0 Å². The first-order chi connectivity index (χ1) is 7.81. The fraction of sp³-hybridized carbons (Fsp3) is 0.643. The van der Waals surface area contributed by atoms with Gasteiger partial charge in [0.25, 0.3) is 0 Å². The maximum Gasteiger partial charge on any atom is 0.330 e. The predicted molar refractivity (Wildman–Crippen MR) is 68.3 cm³/mol. The summed E-state index contributed by atoms with van der Waals surface area (Å²) in [7, 11) is 0. The van der Waals surface area contributed by atoms with Gasteiger partial charge in [0.15, 0.2) is 0 Å². The molecule has 0 aromatic carbocycles. The number of ether oxygens (including phenoxy) is 1. The third kappa shape index (κ3) is 11.0. The smallest absolute Gasteiger partial charge is 0.330 e. The van der Waals surface area contributed by atoms with Crippen LogP contribution in [0.1, 0.15) is 52.4 Å². The molecule has 2 nitrogen and oxygen atoms in total. The normalized spacial score (nSPS) is 11.4. The lowest BCUT2D eigenvalue weighted by Crippen LogP contribution is -2.01. The molecular weight excluding hydrogens is 200 g/mol. The molecule has 0 unspecified atom stereocenters. The van der Waals surface area contributed by atoms with Crippen LogP contribution in [0.5, 0.6) is 0 Å². The molecule has 0 fully saturated rings. The summed E-state index contributed by atoms with van der Waals surface area (Å²) in [5.74, 6) is -0.244. The van der Waals surface area contributed by atoms with E-state index in [1.54, 1.807) is 6.08 Å². The number of esters is 1. The van der Waals surface area contributed by atoms with E-state index in [1.165, 1.54) is 25.3 Å². The summed E-state index contributed by atoms with van der Waals surface area (Å²) in [5.41, 5.74) is 0. The first-order valence-corrected chi connectivity index (χ1v) is 6.31. The minimum Gasteiger partial charge on any atom is -0.463 e. The molecule has 0 spiro atoms. The number of hydrogen-bond donors (Lipinski definition) is 0. The van der Waals surface area contributed by atoms with Gasteiger partial charge in [-0.05, 0) is 19.3 Å². The van der Waals surface area contributed by atoms with Gasteiger partial charge in [0.1, 0.15) is 0 Å². The summed E-state index contributed by atoms with van der Waals surface area (Å²) in [6.07, 6.45) is 14.0. The highest BCUT2D eigenvalue weighted by Crippen LogP contribution is 1.99. The highest BCUT2D eigenvalue weighted by Gasteiger charge is 1.93. The number of carbonyl (C=O) groups is 1. The van der Waals surface area contributed by atoms with Crippen molar-refractivity contribution in [1.29, 1.82) is 0 Å². The van der Waals surface area contributed by atoms with Crippen molar-refractivity contribution in [3.63, 3.8) is 0 Å². The second-order valence-corrected chi connectivity index (χ2v) is 3.80. The van der Waals surface area contributed by atoms with E-state index in [2.05, 4.69) is 19.9 Å². The van der Waals surface area contributed by atoms with E-state index >= 15 is 0 Å². The Bertz CT molecular complexity index is 217. The third-order valence-electron chi connectivity index (χ3n) is 2.20. The Hall–Kier alpha value is -1.05. The molecule has 0 atom stereocenters. The minimum absolute atomic E-state index is 0.244. The highest BCUT2D eigenvalue weighted by atomic mass is 16.5. The Labute approximate surface area is 99.4 Å². The number of rotatable bonds is 9. The summed E-state index contributed by atoms with van der Waals surface area (Å²) in [5, 5.41) is 0. The van der Waals surface area contributed by atoms with Gasteiger partial charge in [0, 0.05) is 6.08 Å². The fourth-order valence-electron chi connectivity index (χ4n) is 1.19. The van der Waals surface area contributed by atoms with Crippen molar-refractivity contribution < 1.29 is 9.53 Å². The van der Waals surface area contributed by atoms with E-state index < -0.39 is 0 Å². The molecule has 0 aliphatic heterocycles. The molecule has 0 aromatic rings. The zero-order valence-corrected chi connectivity index (χ0v) is 10.6. The maximum atomic E-state index is 11.1. The lowest BCUT2D eigenvalue weighted by Gasteiger charge is -1.98. The number of allylic oxidation sites excluding steroid dienone is 3. The topological polar surface area (TPSA) is 26.3 Å². The van der Waals surface area contributed by atoms with Crippen molar-refractivity contribution >= 4 is 5.97 Å². The van der Waals surface area contributed by atoms with Gasteiger partial charge in [-0.2, -0.15) is 0 Å². The van der Waals surface area contributed by atoms with Gasteiger partial charge in [0.05, 0.1) is 6.61 Å². The van der Waals surface area contributed by atoms with E-state index in [4.69, 9.17) is 4.74 Å². The van der Waals surface area contributed by atoms with Crippen molar-refractivity contribution in [2.24, 2.45) is 0 Å². The van der Waals surface area contributed by atoms with Crippen LogP contribution in [0.2, 0.25) is 0 Å². The van der Waals surface area contributed by atoms with Crippen molar-refractivity contribution in [3.8, 4) is 0 Å². The first kappa shape index (κ1) is 14.9. The molecular formula is C14H24O2. The van der Waals surface area contributed by atoms with Gasteiger partial charge in [-0.15, -0.1) is 0 Å².